The zero-order chi connectivity index (χ0) is 14.8. The molecule has 3 N–H and O–H groups in total. The van der Waals surface area contributed by atoms with Crippen molar-refractivity contribution >= 4 is 17.6 Å². The highest BCUT2D eigenvalue weighted by Crippen LogP contribution is 2.18. The number of carboxylic acids is 1. The van der Waals surface area contributed by atoms with E-state index >= 15 is 0 Å². The Labute approximate surface area is 122 Å². The largest absolute Gasteiger partial charge is 0.477 e. The molecule has 7 heteroatoms. The van der Waals surface area contributed by atoms with E-state index in [9.17, 15) is 4.79 Å². The Balaban J connectivity index is 1.73. The number of anilines is 2. The average molecular weight is 287 g/mol. The number of nitrogen functional groups attached to an aromatic ring is 1. The molecule has 0 aromatic carbocycles. The monoisotopic (exact) mass is 287 g/mol. The first-order valence-electron chi connectivity index (χ1n) is 6.89. The SMILES string of the molecule is Nc1nn(Cc2ccc(N3CCCC3)nc2)cc1C(=O)O. The van der Waals surface area contributed by atoms with Crippen molar-refractivity contribution in [3.8, 4) is 0 Å². The maximum Gasteiger partial charge on any atom is 0.341 e. The maximum atomic E-state index is 10.9. The minimum Gasteiger partial charge on any atom is -0.477 e. The lowest BCUT2D eigenvalue weighted by Crippen LogP contribution is -2.18. The van der Waals surface area contributed by atoms with E-state index in [1.54, 1.807) is 6.20 Å². The molecule has 0 saturated carbocycles. The highest BCUT2D eigenvalue weighted by molar-refractivity contribution is 5.92. The molecule has 1 aliphatic rings. The van der Waals surface area contributed by atoms with Crippen LogP contribution >= 0.6 is 0 Å². The number of pyridine rings is 1. The summed E-state index contributed by atoms with van der Waals surface area (Å²) in [5, 5.41) is 13.0. The summed E-state index contributed by atoms with van der Waals surface area (Å²) in [5.41, 5.74) is 6.55. The molecule has 1 fully saturated rings. The number of carbonyl (C=O) groups is 1. The van der Waals surface area contributed by atoms with Crippen molar-refractivity contribution in [1.82, 2.24) is 14.8 Å². The van der Waals surface area contributed by atoms with E-state index in [0.29, 0.717) is 6.54 Å². The van der Waals surface area contributed by atoms with Crippen LogP contribution in [0.4, 0.5) is 11.6 Å². The summed E-state index contributed by atoms with van der Waals surface area (Å²) >= 11 is 0. The van der Waals surface area contributed by atoms with Crippen LogP contribution in [0.25, 0.3) is 0 Å². The van der Waals surface area contributed by atoms with Crippen molar-refractivity contribution in [1.29, 1.82) is 0 Å². The topological polar surface area (TPSA) is 97.3 Å². The molecule has 3 rings (SSSR count). The molecular weight excluding hydrogens is 270 g/mol. The number of nitrogens with two attached hydrogens (primary N) is 1. The number of aromatic nitrogens is 3. The molecule has 0 aliphatic carbocycles. The normalized spacial score (nSPS) is 14.6. The first kappa shape index (κ1) is 13.4. The zero-order valence-electron chi connectivity index (χ0n) is 11.6. The molecule has 7 nitrogen and oxygen atoms in total. The molecule has 0 bridgehead atoms. The molecule has 2 aromatic heterocycles. The lowest BCUT2D eigenvalue weighted by atomic mass is 10.2. The van der Waals surface area contributed by atoms with Gasteiger partial charge in [-0.3, -0.25) is 4.68 Å². The van der Waals surface area contributed by atoms with Crippen LogP contribution in [0.1, 0.15) is 28.8 Å². The van der Waals surface area contributed by atoms with Gasteiger partial charge in [0.2, 0.25) is 0 Å². The first-order chi connectivity index (χ1) is 10.1. The van der Waals surface area contributed by atoms with Crippen LogP contribution in [0.15, 0.2) is 24.5 Å². The first-order valence-corrected chi connectivity index (χ1v) is 6.89. The van der Waals surface area contributed by atoms with Crippen molar-refractivity contribution in [2.24, 2.45) is 0 Å². The van der Waals surface area contributed by atoms with Gasteiger partial charge >= 0.3 is 5.97 Å². The number of hydrogen-bond donors (Lipinski definition) is 2. The number of aromatic carboxylic acids is 1. The van der Waals surface area contributed by atoms with Gasteiger partial charge in [0, 0.05) is 25.5 Å². The van der Waals surface area contributed by atoms with Gasteiger partial charge in [-0.05, 0) is 24.5 Å². The minimum atomic E-state index is -1.07. The maximum absolute atomic E-state index is 10.9. The molecule has 0 spiro atoms. The van der Waals surface area contributed by atoms with Crippen LogP contribution in [-0.2, 0) is 6.54 Å². The van der Waals surface area contributed by atoms with Gasteiger partial charge in [0.1, 0.15) is 11.4 Å². The molecule has 0 atom stereocenters. The molecule has 1 aliphatic heterocycles. The molecule has 110 valence electrons. The van der Waals surface area contributed by atoms with Gasteiger partial charge in [0.25, 0.3) is 0 Å². The van der Waals surface area contributed by atoms with Gasteiger partial charge in [-0.15, -0.1) is 0 Å². The second kappa shape index (κ2) is 5.43. The van der Waals surface area contributed by atoms with Crippen LogP contribution in [0, 0.1) is 0 Å². The summed E-state index contributed by atoms with van der Waals surface area (Å²) in [6.45, 7) is 2.57. The van der Waals surface area contributed by atoms with Crippen molar-refractivity contribution in [2.45, 2.75) is 19.4 Å². The van der Waals surface area contributed by atoms with Gasteiger partial charge in [0.05, 0.1) is 6.54 Å². The fourth-order valence-electron chi connectivity index (χ4n) is 2.51. The Morgan fingerprint density at radius 2 is 2.10 bits per heavy atom. The van der Waals surface area contributed by atoms with Gasteiger partial charge in [-0.25, -0.2) is 9.78 Å². The summed E-state index contributed by atoms with van der Waals surface area (Å²) < 4.78 is 1.52. The summed E-state index contributed by atoms with van der Waals surface area (Å²) in [4.78, 5) is 17.6. The second-order valence-corrected chi connectivity index (χ2v) is 5.15. The van der Waals surface area contributed by atoms with Crippen molar-refractivity contribution < 1.29 is 9.90 Å². The number of hydrogen-bond acceptors (Lipinski definition) is 5. The Morgan fingerprint density at radius 3 is 2.67 bits per heavy atom. The summed E-state index contributed by atoms with van der Waals surface area (Å²) in [6.07, 6.45) is 5.67. The van der Waals surface area contributed by atoms with Crippen LogP contribution in [0.3, 0.4) is 0 Å². The van der Waals surface area contributed by atoms with Crippen LogP contribution in [-0.4, -0.2) is 38.9 Å². The van der Waals surface area contributed by atoms with Gasteiger partial charge in [0.15, 0.2) is 5.82 Å². The van der Waals surface area contributed by atoms with Gasteiger partial charge < -0.3 is 15.7 Å². The fraction of sp³-hybridized carbons (Fsp3) is 0.357. The molecule has 0 amide bonds. The smallest absolute Gasteiger partial charge is 0.341 e. The highest BCUT2D eigenvalue weighted by Gasteiger charge is 2.14. The van der Waals surface area contributed by atoms with Crippen molar-refractivity contribution in [2.75, 3.05) is 23.7 Å². The summed E-state index contributed by atoms with van der Waals surface area (Å²) in [7, 11) is 0. The van der Waals surface area contributed by atoms with E-state index in [1.165, 1.54) is 23.7 Å². The van der Waals surface area contributed by atoms with E-state index in [-0.39, 0.29) is 11.4 Å². The van der Waals surface area contributed by atoms with Crippen LogP contribution in [0.5, 0.6) is 0 Å². The summed E-state index contributed by atoms with van der Waals surface area (Å²) in [5.74, 6) is -0.0483. The van der Waals surface area contributed by atoms with Crippen molar-refractivity contribution in [3.63, 3.8) is 0 Å². The minimum absolute atomic E-state index is 0.0247. The van der Waals surface area contributed by atoms with Crippen LogP contribution in [0.2, 0.25) is 0 Å². The molecule has 21 heavy (non-hydrogen) atoms. The highest BCUT2D eigenvalue weighted by atomic mass is 16.4. The Hall–Kier alpha value is -2.57. The second-order valence-electron chi connectivity index (χ2n) is 5.15. The van der Waals surface area contributed by atoms with Gasteiger partial charge in [-0.1, -0.05) is 6.07 Å². The molecule has 1 saturated heterocycles. The van der Waals surface area contributed by atoms with E-state index in [1.807, 2.05) is 12.1 Å². The number of carboxylic acid groups (broad SMARTS) is 1. The van der Waals surface area contributed by atoms with E-state index in [2.05, 4.69) is 15.0 Å². The number of nitrogens with zero attached hydrogens (tertiary/aromatic N) is 4. The predicted octanol–water partition coefficient (Wildman–Crippen LogP) is 1.21. The third-order valence-electron chi connectivity index (χ3n) is 3.60. The molecule has 0 radical (unpaired) electrons. The fourth-order valence-corrected chi connectivity index (χ4v) is 2.51. The number of rotatable bonds is 4. The van der Waals surface area contributed by atoms with E-state index in [4.69, 9.17) is 10.8 Å². The Morgan fingerprint density at radius 1 is 1.33 bits per heavy atom. The van der Waals surface area contributed by atoms with E-state index in [0.717, 1.165) is 24.5 Å². The van der Waals surface area contributed by atoms with Crippen LogP contribution < -0.4 is 10.6 Å². The lowest BCUT2D eigenvalue weighted by molar-refractivity contribution is 0.0698. The average Bonchev–Trinajstić information content (AvgIpc) is 3.09. The molecule has 0 unspecified atom stereocenters. The van der Waals surface area contributed by atoms with Crippen molar-refractivity contribution in [3.05, 3.63) is 35.7 Å². The third kappa shape index (κ3) is 2.81. The summed E-state index contributed by atoms with van der Waals surface area (Å²) in [6, 6.07) is 3.98. The molecule has 2 aromatic rings. The molecule has 3 heterocycles. The predicted molar refractivity (Wildman–Crippen MR) is 78.4 cm³/mol. The molecular formula is C14H17N5O2. The zero-order valence-corrected chi connectivity index (χ0v) is 11.6. The Kier molecular flexibility index (Phi) is 3.47. The quantitative estimate of drug-likeness (QED) is 0.877. The van der Waals surface area contributed by atoms with Gasteiger partial charge in [-0.2, -0.15) is 5.10 Å². The Bertz CT molecular complexity index is 644. The third-order valence-corrected chi connectivity index (χ3v) is 3.60. The standard InChI is InChI=1S/C14H17N5O2/c15-13-11(14(20)21)9-19(17-13)8-10-3-4-12(16-7-10)18-5-1-2-6-18/h3-4,7,9H,1-2,5-6,8H2,(H2,15,17)(H,20,21). The lowest BCUT2D eigenvalue weighted by Gasteiger charge is -2.16. The van der Waals surface area contributed by atoms with E-state index < -0.39 is 5.97 Å².